The van der Waals surface area contributed by atoms with E-state index in [-0.39, 0.29) is 0 Å². The SMILES string of the molecule is CCCC(CCC)c1cc(C#N)c(C)c(Nc2nccc(N3CCOCC3)c2C(C)C)c1. The summed E-state index contributed by atoms with van der Waals surface area (Å²) in [6.45, 7) is 14.2. The summed E-state index contributed by atoms with van der Waals surface area (Å²) in [6.07, 6.45) is 6.46. The van der Waals surface area contributed by atoms with Gasteiger partial charge in [0.15, 0.2) is 0 Å². The Balaban J connectivity index is 2.04. The summed E-state index contributed by atoms with van der Waals surface area (Å²) in [5.41, 5.74) is 6.42. The highest BCUT2D eigenvalue weighted by molar-refractivity contribution is 5.72. The van der Waals surface area contributed by atoms with Gasteiger partial charge < -0.3 is 15.0 Å². The lowest BCUT2D eigenvalue weighted by Crippen LogP contribution is -2.37. The molecule has 0 spiro atoms. The van der Waals surface area contributed by atoms with Gasteiger partial charge in [0.2, 0.25) is 0 Å². The summed E-state index contributed by atoms with van der Waals surface area (Å²) in [5.74, 6) is 1.68. The number of rotatable bonds is 9. The quantitative estimate of drug-likeness (QED) is 0.479. The van der Waals surface area contributed by atoms with Crippen LogP contribution in [0.4, 0.5) is 17.2 Å². The molecule has 1 saturated heterocycles. The second kappa shape index (κ2) is 11.3. The van der Waals surface area contributed by atoms with Crippen molar-refractivity contribution in [3.05, 3.63) is 46.6 Å². The van der Waals surface area contributed by atoms with Crippen molar-refractivity contribution in [3.8, 4) is 6.07 Å². The van der Waals surface area contributed by atoms with Crippen LogP contribution in [0, 0.1) is 18.3 Å². The molecule has 3 rings (SSSR count). The summed E-state index contributed by atoms with van der Waals surface area (Å²) in [7, 11) is 0. The highest BCUT2D eigenvalue weighted by Gasteiger charge is 2.21. The van der Waals surface area contributed by atoms with Crippen molar-refractivity contribution in [2.75, 3.05) is 36.5 Å². The van der Waals surface area contributed by atoms with Gasteiger partial charge in [-0.05, 0) is 60.9 Å². The van der Waals surface area contributed by atoms with Gasteiger partial charge in [0.25, 0.3) is 0 Å². The van der Waals surface area contributed by atoms with E-state index in [1.807, 2.05) is 13.1 Å². The number of nitriles is 1. The maximum Gasteiger partial charge on any atom is 0.135 e. The second-order valence-corrected chi connectivity index (χ2v) is 9.10. The van der Waals surface area contributed by atoms with Crippen LogP contribution in [0.1, 0.15) is 87.5 Å². The molecule has 2 aromatic rings. The Labute approximate surface area is 193 Å². The van der Waals surface area contributed by atoms with Crippen molar-refractivity contribution in [2.24, 2.45) is 0 Å². The van der Waals surface area contributed by atoms with Crippen molar-refractivity contribution < 1.29 is 4.74 Å². The largest absolute Gasteiger partial charge is 0.378 e. The number of benzene rings is 1. The number of ether oxygens (including phenoxy) is 1. The monoisotopic (exact) mass is 434 g/mol. The van der Waals surface area contributed by atoms with E-state index in [0.717, 1.165) is 74.6 Å². The summed E-state index contributed by atoms with van der Waals surface area (Å²) in [6, 6.07) is 8.88. The Bertz CT molecular complexity index is 935. The maximum atomic E-state index is 9.82. The van der Waals surface area contributed by atoms with Gasteiger partial charge in [-0.15, -0.1) is 0 Å². The fourth-order valence-electron chi connectivity index (χ4n) is 4.73. The lowest BCUT2D eigenvalue weighted by atomic mass is 9.88. The molecule has 1 fully saturated rings. The molecule has 0 atom stereocenters. The minimum atomic E-state index is 0.316. The minimum Gasteiger partial charge on any atom is -0.378 e. The van der Waals surface area contributed by atoms with Crippen molar-refractivity contribution >= 4 is 17.2 Å². The number of anilines is 3. The van der Waals surface area contributed by atoms with E-state index in [4.69, 9.17) is 9.72 Å². The molecule has 5 nitrogen and oxygen atoms in total. The van der Waals surface area contributed by atoms with Gasteiger partial charge in [-0.1, -0.05) is 40.5 Å². The van der Waals surface area contributed by atoms with Gasteiger partial charge in [0.05, 0.1) is 24.8 Å². The summed E-state index contributed by atoms with van der Waals surface area (Å²) in [4.78, 5) is 7.14. The van der Waals surface area contributed by atoms with Gasteiger partial charge in [-0.2, -0.15) is 5.26 Å². The number of aromatic nitrogens is 1. The third-order valence-corrected chi connectivity index (χ3v) is 6.45. The number of nitrogens with one attached hydrogen (secondary N) is 1. The smallest absolute Gasteiger partial charge is 0.135 e. The topological polar surface area (TPSA) is 61.2 Å². The highest BCUT2D eigenvalue weighted by atomic mass is 16.5. The van der Waals surface area contributed by atoms with E-state index in [0.29, 0.717) is 11.8 Å². The van der Waals surface area contributed by atoms with E-state index >= 15 is 0 Å². The average molecular weight is 435 g/mol. The van der Waals surface area contributed by atoms with Crippen LogP contribution in [0.2, 0.25) is 0 Å². The van der Waals surface area contributed by atoms with Crippen LogP contribution in [0.15, 0.2) is 24.4 Å². The number of hydrogen-bond donors (Lipinski definition) is 1. The van der Waals surface area contributed by atoms with Crippen LogP contribution >= 0.6 is 0 Å². The van der Waals surface area contributed by atoms with Gasteiger partial charge in [0.1, 0.15) is 5.82 Å². The first kappa shape index (κ1) is 24.1. The number of morpholine rings is 1. The Morgan fingerprint density at radius 2 is 1.84 bits per heavy atom. The number of hydrogen-bond acceptors (Lipinski definition) is 5. The predicted octanol–water partition coefficient (Wildman–Crippen LogP) is 6.65. The first-order chi connectivity index (χ1) is 15.5. The standard InChI is InChI=1S/C27H38N4O/c1-6-8-21(9-7-2)22-16-23(18-28)20(5)24(17-22)30-27-26(19(3)4)25(10-11-29-27)31-12-14-32-15-13-31/h10-11,16-17,19,21H,6-9,12-15H2,1-5H3,(H,29,30). The third kappa shape index (κ3) is 5.42. The van der Waals surface area contributed by atoms with Gasteiger partial charge in [0, 0.05) is 36.2 Å². The van der Waals surface area contributed by atoms with E-state index in [1.54, 1.807) is 0 Å². The lowest BCUT2D eigenvalue weighted by molar-refractivity contribution is 0.122. The molecule has 32 heavy (non-hydrogen) atoms. The first-order valence-electron chi connectivity index (χ1n) is 12.1. The summed E-state index contributed by atoms with van der Waals surface area (Å²) < 4.78 is 5.56. The van der Waals surface area contributed by atoms with Crippen LogP contribution in [0.3, 0.4) is 0 Å². The first-order valence-corrected chi connectivity index (χ1v) is 12.1. The van der Waals surface area contributed by atoms with Gasteiger partial charge >= 0.3 is 0 Å². The molecule has 0 bridgehead atoms. The van der Waals surface area contributed by atoms with Crippen LogP contribution < -0.4 is 10.2 Å². The Kier molecular flexibility index (Phi) is 8.53. The predicted molar refractivity (Wildman–Crippen MR) is 133 cm³/mol. The number of nitrogens with zero attached hydrogens (tertiary/aromatic N) is 3. The summed E-state index contributed by atoms with van der Waals surface area (Å²) in [5, 5.41) is 13.5. The fraction of sp³-hybridized carbons (Fsp3) is 0.556. The lowest BCUT2D eigenvalue weighted by Gasteiger charge is -2.32. The Morgan fingerprint density at radius 1 is 1.16 bits per heavy atom. The van der Waals surface area contributed by atoms with Crippen molar-refractivity contribution in [1.82, 2.24) is 4.98 Å². The van der Waals surface area contributed by atoms with Crippen LogP contribution in [0.25, 0.3) is 0 Å². The molecule has 172 valence electrons. The second-order valence-electron chi connectivity index (χ2n) is 9.10. The van der Waals surface area contributed by atoms with Crippen LogP contribution in [-0.2, 0) is 4.74 Å². The molecular formula is C27H38N4O. The molecule has 1 aliphatic rings. The van der Waals surface area contributed by atoms with Crippen LogP contribution in [0.5, 0.6) is 0 Å². The molecule has 0 amide bonds. The van der Waals surface area contributed by atoms with E-state index in [9.17, 15) is 5.26 Å². The van der Waals surface area contributed by atoms with Crippen molar-refractivity contribution in [3.63, 3.8) is 0 Å². The van der Waals surface area contributed by atoms with Crippen molar-refractivity contribution in [1.29, 1.82) is 5.26 Å². The fourth-order valence-corrected chi connectivity index (χ4v) is 4.73. The zero-order valence-corrected chi connectivity index (χ0v) is 20.4. The molecule has 0 saturated carbocycles. The molecule has 0 aliphatic carbocycles. The maximum absolute atomic E-state index is 9.82. The molecule has 1 aromatic carbocycles. The Morgan fingerprint density at radius 3 is 2.44 bits per heavy atom. The van der Waals surface area contributed by atoms with E-state index < -0.39 is 0 Å². The molecule has 1 aliphatic heterocycles. The zero-order valence-electron chi connectivity index (χ0n) is 20.4. The number of pyridine rings is 1. The van der Waals surface area contributed by atoms with Gasteiger partial charge in [-0.3, -0.25) is 0 Å². The molecule has 1 N–H and O–H groups in total. The average Bonchev–Trinajstić information content (AvgIpc) is 2.80. The molecular weight excluding hydrogens is 396 g/mol. The van der Waals surface area contributed by atoms with Gasteiger partial charge in [-0.25, -0.2) is 4.98 Å². The highest BCUT2D eigenvalue weighted by Crippen LogP contribution is 2.37. The molecule has 1 aromatic heterocycles. The third-order valence-electron chi connectivity index (χ3n) is 6.45. The summed E-state index contributed by atoms with van der Waals surface area (Å²) >= 11 is 0. The molecule has 5 heteroatoms. The van der Waals surface area contributed by atoms with E-state index in [2.05, 4.69) is 62.2 Å². The molecule has 0 radical (unpaired) electrons. The zero-order chi connectivity index (χ0) is 23.1. The van der Waals surface area contributed by atoms with E-state index in [1.165, 1.54) is 16.8 Å². The molecule has 0 unspecified atom stereocenters. The normalized spacial score (nSPS) is 14.1. The molecule has 2 heterocycles. The minimum absolute atomic E-state index is 0.316. The van der Waals surface area contributed by atoms with Crippen molar-refractivity contribution in [2.45, 2.75) is 72.1 Å². The Hall–Kier alpha value is -2.58. The van der Waals surface area contributed by atoms with Crippen LogP contribution in [-0.4, -0.2) is 31.3 Å².